The summed E-state index contributed by atoms with van der Waals surface area (Å²) in [6.45, 7) is 8.33. The Hall–Kier alpha value is -0.340. The standard InChI is InChI=1S/C14H24O2/c1-9(2)11-4-5-14(8-11)10(3)6-12(15)7-13(14)16/h10-13,15-16H,1,4-8H2,2-3H3/t10-,11-,12+,13-,14+/m1/s1. The van der Waals surface area contributed by atoms with E-state index in [1.165, 1.54) is 5.57 Å². The molecule has 2 fully saturated rings. The van der Waals surface area contributed by atoms with Crippen LogP contribution in [0.25, 0.3) is 0 Å². The van der Waals surface area contributed by atoms with Crippen LogP contribution in [0.3, 0.4) is 0 Å². The van der Waals surface area contributed by atoms with E-state index in [1.807, 2.05) is 0 Å². The molecule has 16 heavy (non-hydrogen) atoms. The summed E-state index contributed by atoms with van der Waals surface area (Å²) in [5.74, 6) is 1.00. The number of aliphatic hydroxyl groups excluding tert-OH is 2. The van der Waals surface area contributed by atoms with Gasteiger partial charge in [-0.05, 0) is 56.3 Å². The number of allylic oxidation sites excluding steroid dienone is 1. The molecule has 2 N–H and O–H groups in total. The fraction of sp³-hybridized carbons (Fsp3) is 0.857. The first-order valence-corrected chi connectivity index (χ1v) is 6.47. The lowest BCUT2D eigenvalue weighted by molar-refractivity contribution is -0.0894. The molecule has 1 spiro atoms. The van der Waals surface area contributed by atoms with Crippen molar-refractivity contribution < 1.29 is 10.2 Å². The molecule has 2 aliphatic rings. The van der Waals surface area contributed by atoms with E-state index in [0.29, 0.717) is 18.3 Å². The summed E-state index contributed by atoms with van der Waals surface area (Å²) in [6, 6.07) is 0. The molecule has 2 nitrogen and oxygen atoms in total. The molecule has 2 saturated carbocycles. The quantitative estimate of drug-likeness (QED) is 0.672. The summed E-state index contributed by atoms with van der Waals surface area (Å²) in [5, 5.41) is 20.0. The van der Waals surface area contributed by atoms with Crippen molar-refractivity contribution in [2.45, 2.75) is 58.2 Å². The van der Waals surface area contributed by atoms with Crippen molar-refractivity contribution in [2.24, 2.45) is 17.3 Å². The van der Waals surface area contributed by atoms with Gasteiger partial charge in [-0.2, -0.15) is 0 Å². The van der Waals surface area contributed by atoms with Crippen LogP contribution in [0.5, 0.6) is 0 Å². The van der Waals surface area contributed by atoms with Crippen LogP contribution in [-0.2, 0) is 0 Å². The summed E-state index contributed by atoms with van der Waals surface area (Å²) in [4.78, 5) is 0. The third-order valence-electron chi connectivity index (χ3n) is 5.05. The molecule has 0 aromatic rings. The molecule has 0 aromatic carbocycles. The Bertz CT molecular complexity index is 272. The van der Waals surface area contributed by atoms with Crippen molar-refractivity contribution in [1.82, 2.24) is 0 Å². The molecule has 5 atom stereocenters. The monoisotopic (exact) mass is 224 g/mol. The summed E-state index contributed by atoms with van der Waals surface area (Å²) >= 11 is 0. The second-order valence-corrected chi connectivity index (χ2v) is 6.06. The highest BCUT2D eigenvalue weighted by Gasteiger charge is 2.51. The summed E-state index contributed by atoms with van der Waals surface area (Å²) in [7, 11) is 0. The average Bonchev–Trinajstić information content (AvgIpc) is 2.60. The maximum atomic E-state index is 10.3. The van der Waals surface area contributed by atoms with E-state index in [-0.39, 0.29) is 17.6 Å². The second-order valence-electron chi connectivity index (χ2n) is 6.06. The molecule has 0 saturated heterocycles. The lowest BCUT2D eigenvalue weighted by Crippen LogP contribution is -2.46. The van der Waals surface area contributed by atoms with Crippen molar-refractivity contribution in [3.05, 3.63) is 12.2 Å². The lowest BCUT2D eigenvalue weighted by atomic mass is 9.63. The molecule has 0 amide bonds. The van der Waals surface area contributed by atoms with Gasteiger partial charge < -0.3 is 10.2 Å². The van der Waals surface area contributed by atoms with Gasteiger partial charge in [-0.3, -0.25) is 0 Å². The van der Waals surface area contributed by atoms with Crippen LogP contribution in [0.2, 0.25) is 0 Å². The Morgan fingerprint density at radius 1 is 1.31 bits per heavy atom. The maximum absolute atomic E-state index is 10.3. The van der Waals surface area contributed by atoms with E-state index in [4.69, 9.17) is 0 Å². The molecule has 0 unspecified atom stereocenters. The molecule has 0 aromatic heterocycles. The van der Waals surface area contributed by atoms with Gasteiger partial charge in [-0.25, -0.2) is 0 Å². The van der Waals surface area contributed by atoms with Crippen LogP contribution < -0.4 is 0 Å². The van der Waals surface area contributed by atoms with E-state index in [9.17, 15) is 10.2 Å². The molecule has 0 heterocycles. The number of hydrogen-bond acceptors (Lipinski definition) is 2. The largest absolute Gasteiger partial charge is 0.393 e. The van der Waals surface area contributed by atoms with Crippen LogP contribution in [-0.4, -0.2) is 22.4 Å². The van der Waals surface area contributed by atoms with E-state index in [0.717, 1.165) is 25.7 Å². The van der Waals surface area contributed by atoms with Gasteiger partial charge in [0.25, 0.3) is 0 Å². The van der Waals surface area contributed by atoms with Gasteiger partial charge in [-0.1, -0.05) is 19.1 Å². The van der Waals surface area contributed by atoms with Gasteiger partial charge >= 0.3 is 0 Å². The minimum absolute atomic E-state index is 0.0584. The van der Waals surface area contributed by atoms with Gasteiger partial charge in [0, 0.05) is 0 Å². The molecule has 2 rings (SSSR count). The van der Waals surface area contributed by atoms with Crippen molar-refractivity contribution in [3.8, 4) is 0 Å². The maximum Gasteiger partial charge on any atom is 0.0623 e. The zero-order valence-corrected chi connectivity index (χ0v) is 10.4. The zero-order valence-electron chi connectivity index (χ0n) is 10.4. The first-order valence-electron chi connectivity index (χ1n) is 6.47. The Morgan fingerprint density at radius 3 is 2.50 bits per heavy atom. The highest BCUT2D eigenvalue weighted by molar-refractivity contribution is 5.08. The molecule has 0 aliphatic heterocycles. The van der Waals surface area contributed by atoms with Crippen molar-refractivity contribution in [2.75, 3.05) is 0 Å². The molecule has 2 heteroatoms. The summed E-state index contributed by atoms with van der Waals surface area (Å²) in [6.07, 6.45) is 4.10. The molecule has 0 bridgehead atoms. The first kappa shape index (κ1) is 12.1. The van der Waals surface area contributed by atoms with E-state index < -0.39 is 0 Å². The smallest absolute Gasteiger partial charge is 0.0623 e. The minimum atomic E-state index is -0.324. The van der Waals surface area contributed by atoms with Crippen LogP contribution >= 0.6 is 0 Å². The number of aliphatic hydroxyl groups is 2. The van der Waals surface area contributed by atoms with Gasteiger partial charge in [-0.15, -0.1) is 0 Å². The van der Waals surface area contributed by atoms with Gasteiger partial charge in [0.2, 0.25) is 0 Å². The predicted molar refractivity (Wildman–Crippen MR) is 65.0 cm³/mol. The molecule has 92 valence electrons. The molecular formula is C14H24O2. The number of hydrogen-bond donors (Lipinski definition) is 2. The Morgan fingerprint density at radius 2 is 2.00 bits per heavy atom. The SMILES string of the molecule is C=C(C)[C@@H]1CC[C@]2(C1)[C@H](C)C[C@H](O)C[C@H]2O. The van der Waals surface area contributed by atoms with E-state index in [2.05, 4.69) is 20.4 Å². The topological polar surface area (TPSA) is 40.5 Å². The van der Waals surface area contributed by atoms with Gasteiger partial charge in [0.15, 0.2) is 0 Å². The Kier molecular flexibility index (Phi) is 3.15. The fourth-order valence-corrected chi connectivity index (χ4v) is 3.84. The normalized spacial score (nSPS) is 48.5. The minimum Gasteiger partial charge on any atom is -0.393 e. The van der Waals surface area contributed by atoms with E-state index in [1.54, 1.807) is 0 Å². The highest BCUT2D eigenvalue weighted by Crippen LogP contribution is 2.55. The molecule has 0 radical (unpaired) electrons. The fourth-order valence-electron chi connectivity index (χ4n) is 3.84. The van der Waals surface area contributed by atoms with Gasteiger partial charge in [0.05, 0.1) is 12.2 Å². The summed E-state index contributed by atoms with van der Waals surface area (Å²) < 4.78 is 0. The molecular weight excluding hydrogens is 200 g/mol. The summed E-state index contributed by atoms with van der Waals surface area (Å²) in [5.41, 5.74) is 1.31. The van der Waals surface area contributed by atoms with Crippen molar-refractivity contribution in [3.63, 3.8) is 0 Å². The van der Waals surface area contributed by atoms with Crippen LogP contribution in [0.15, 0.2) is 12.2 Å². The third kappa shape index (κ3) is 1.82. The van der Waals surface area contributed by atoms with E-state index >= 15 is 0 Å². The predicted octanol–water partition coefficient (Wildman–Crippen LogP) is 2.50. The van der Waals surface area contributed by atoms with Crippen molar-refractivity contribution in [1.29, 1.82) is 0 Å². The number of rotatable bonds is 1. The van der Waals surface area contributed by atoms with Crippen LogP contribution in [0.4, 0.5) is 0 Å². The first-order chi connectivity index (χ1) is 7.45. The Labute approximate surface area is 98.4 Å². The van der Waals surface area contributed by atoms with Crippen LogP contribution in [0.1, 0.15) is 46.0 Å². The second kappa shape index (κ2) is 4.15. The van der Waals surface area contributed by atoms with Crippen LogP contribution in [0, 0.1) is 17.3 Å². The highest BCUT2D eigenvalue weighted by atomic mass is 16.3. The average molecular weight is 224 g/mol. The van der Waals surface area contributed by atoms with Crippen molar-refractivity contribution >= 4 is 0 Å². The third-order valence-corrected chi connectivity index (χ3v) is 5.05. The molecule has 2 aliphatic carbocycles. The Balaban J connectivity index is 2.15. The zero-order chi connectivity index (χ0) is 11.9. The van der Waals surface area contributed by atoms with Gasteiger partial charge in [0.1, 0.15) is 0 Å². The lowest BCUT2D eigenvalue weighted by Gasteiger charge is -2.46.